The van der Waals surface area contributed by atoms with Crippen LogP contribution in [-0.4, -0.2) is 37.1 Å². The molecule has 0 radical (unpaired) electrons. The summed E-state index contributed by atoms with van der Waals surface area (Å²) in [4.78, 5) is 34.7. The molecule has 2 aromatic carbocycles. The van der Waals surface area contributed by atoms with Gasteiger partial charge < -0.3 is 19.5 Å². The number of benzene rings is 2. The number of halogens is 2. The first-order chi connectivity index (χ1) is 13.8. The van der Waals surface area contributed by atoms with Crippen LogP contribution in [0.4, 0.5) is 11.4 Å². The van der Waals surface area contributed by atoms with Crippen LogP contribution in [0.2, 0.25) is 5.02 Å². The Balaban J connectivity index is 2.09. The van der Waals surface area contributed by atoms with E-state index in [-0.39, 0.29) is 22.0 Å². The molecule has 154 valence electrons. The number of hydrogen-bond acceptors (Lipinski definition) is 7. The number of carbonyl (C=O) groups excluding carboxylic acids is 2. The summed E-state index contributed by atoms with van der Waals surface area (Å²) >= 11 is 9.09. The van der Waals surface area contributed by atoms with Gasteiger partial charge in [0, 0.05) is 11.1 Å². The van der Waals surface area contributed by atoms with E-state index in [4.69, 9.17) is 25.8 Å². The zero-order valence-electron chi connectivity index (χ0n) is 15.4. The molecule has 0 aliphatic rings. The summed E-state index contributed by atoms with van der Waals surface area (Å²) in [5.41, 5.74) is -0.313. The highest BCUT2D eigenvalue weighted by molar-refractivity contribution is 9.10. The van der Waals surface area contributed by atoms with Crippen LogP contribution in [-0.2, 0) is 9.53 Å². The second-order valence-electron chi connectivity index (χ2n) is 5.47. The quantitative estimate of drug-likeness (QED) is 0.337. The van der Waals surface area contributed by atoms with Crippen LogP contribution in [0.25, 0.3) is 0 Å². The summed E-state index contributed by atoms with van der Waals surface area (Å²) < 4.78 is 16.1. The Morgan fingerprint density at radius 3 is 2.62 bits per heavy atom. The van der Waals surface area contributed by atoms with Crippen molar-refractivity contribution >= 4 is 50.8 Å². The molecule has 1 N–H and O–H groups in total. The summed E-state index contributed by atoms with van der Waals surface area (Å²) in [5, 5.41) is 13.5. The zero-order valence-corrected chi connectivity index (χ0v) is 17.7. The van der Waals surface area contributed by atoms with Gasteiger partial charge in [0.1, 0.15) is 5.69 Å². The van der Waals surface area contributed by atoms with Gasteiger partial charge in [0.15, 0.2) is 18.1 Å². The molecule has 1 amide bonds. The minimum atomic E-state index is -0.787. The van der Waals surface area contributed by atoms with E-state index in [1.807, 2.05) is 0 Å². The fourth-order valence-electron chi connectivity index (χ4n) is 2.32. The van der Waals surface area contributed by atoms with Crippen LogP contribution in [0, 0.1) is 10.1 Å². The van der Waals surface area contributed by atoms with Crippen LogP contribution < -0.4 is 14.8 Å². The van der Waals surface area contributed by atoms with E-state index < -0.39 is 23.4 Å². The Hall–Kier alpha value is -2.85. The Labute approximate surface area is 179 Å². The number of methoxy groups -OCH3 is 1. The second kappa shape index (κ2) is 10.1. The second-order valence-corrected chi connectivity index (χ2v) is 6.76. The van der Waals surface area contributed by atoms with E-state index in [1.54, 1.807) is 6.92 Å². The third-order valence-electron chi connectivity index (χ3n) is 3.51. The predicted octanol–water partition coefficient (Wildman–Crippen LogP) is 4.21. The lowest BCUT2D eigenvalue weighted by Crippen LogP contribution is -2.21. The maximum absolute atomic E-state index is 12.3. The van der Waals surface area contributed by atoms with E-state index in [2.05, 4.69) is 21.2 Å². The summed E-state index contributed by atoms with van der Waals surface area (Å²) in [6, 6.07) is 6.61. The van der Waals surface area contributed by atoms with Crippen LogP contribution in [0.1, 0.15) is 17.3 Å². The van der Waals surface area contributed by atoms with E-state index in [0.717, 1.165) is 6.07 Å². The molecule has 2 aromatic rings. The zero-order chi connectivity index (χ0) is 21.6. The van der Waals surface area contributed by atoms with Crippen molar-refractivity contribution in [1.29, 1.82) is 0 Å². The molecule has 0 heterocycles. The normalized spacial score (nSPS) is 10.2. The first-order valence-electron chi connectivity index (χ1n) is 8.18. The molecule has 11 heteroatoms. The number of rotatable bonds is 8. The van der Waals surface area contributed by atoms with Crippen molar-refractivity contribution in [3.05, 3.63) is 55.5 Å². The number of carbonyl (C=O) groups is 2. The Morgan fingerprint density at radius 2 is 2.00 bits per heavy atom. The van der Waals surface area contributed by atoms with Crippen molar-refractivity contribution in [3.63, 3.8) is 0 Å². The summed E-state index contributed by atoms with van der Waals surface area (Å²) in [5.74, 6) is -0.809. The standard InChI is InChI=1S/C18H16BrClN2O7/c1-3-28-15-7-10(6-12(19)17(15)27-2)18(24)29-9-16(23)21-13-8-11(20)4-5-14(13)22(25)26/h4-8H,3,9H2,1-2H3,(H,21,23). The fraction of sp³-hybridized carbons (Fsp3) is 0.222. The Morgan fingerprint density at radius 1 is 1.28 bits per heavy atom. The van der Waals surface area contributed by atoms with E-state index >= 15 is 0 Å². The lowest BCUT2D eigenvalue weighted by molar-refractivity contribution is -0.383. The van der Waals surface area contributed by atoms with E-state index in [1.165, 1.54) is 31.4 Å². The molecule has 0 unspecified atom stereocenters. The largest absolute Gasteiger partial charge is 0.492 e. The van der Waals surface area contributed by atoms with Gasteiger partial charge in [-0.05, 0) is 47.1 Å². The molecule has 2 rings (SSSR count). The molecule has 0 atom stereocenters. The number of ether oxygens (including phenoxy) is 3. The van der Waals surface area contributed by atoms with Crippen LogP contribution in [0.15, 0.2) is 34.8 Å². The number of nitrogens with one attached hydrogen (secondary N) is 1. The van der Waals surface area contributed by atoms with Gasteiger partial charge in [0.05, 0.1) is 28.7 Å². The highest BCUT2D eigenvalue weighted by atomic mass is 79.9. The van der Waals surface area contributed by atoms with E-state index in [9.17, 15) is 19.7 Å². The molecule has 0 bridgehead atoms. The molecule has 29 heavy (non-hydrogen) atoms. The summed E-state index contributed by atoms with van der Waals surface area (Å²) in [6.45, 7) is 1.47. The maximum atomic E-state index is 12.3. The molecule has 9 nitrogen and oxygen atoms in total. The Kier molecular flexibility index (Phi) is 7.80. The molecular formula is C18H16BrClN2O7. The van der Waals surface area contributed by atoms with Gasteiger partial charge >= 0.3 is 5.97 Å². The van der Waals surface area contributed by atoms with E-state index in [0.29, 0.717) is 22.6 Å². The third kappa shape index (κ3) is 5.81. The van der Waals surface area contributed by atoms with Gasteiger partial charge in [0.25, 0.3) is 11.6 Å². The van der Waals surface area contributed by atoms with Crippen molar-refractivity contribution in [2.75, 3.05) is 25.6 Å². The fourth-order valence-corrected chi connectivity index (χ4v) is 3.09. The number of esters is 1. The number of nitro benzene ring substituents is 1. The number of nitro groups is 1. The topological polar surface area (TPSA) is 117 Å². The highest BCUT2D eigenvalue weighted by Crippen LogP contribution is 2.36. The lowest BCUT2D eigenvalue weighted by Gasteiger charge is -2.13. The third-order valence-corrected chi connectivity index (χ3v) is 4.34. The minimum absolute atomic E-state index is 0.102. The van der Waals surface area contributed by atoms with Gasteiger partial charge in [-0.1, -0.05) is 11.6 Å². The van der Waals surface area contributed by atoms with Crippen molar-refractivity contribution in [1.82, 2.24) is 0 Å². The van der Waals surface area contributed by atoms with Crippen molar-refractivity contribution in [2.24, 2.45) is 0 Å². The van der Waals surface area contributed by atoms with Crippen molar-refractivity contribution in [2.45, 2.75) is 6.92 Å². The SMILES string of the molecule is CCOc1cc(C(=O)OCC(=O)Nc2cc(Cl)ccc2[N+](=O)[O-])cc(Br)c1OC. The van der Waals surface area contributed by atoms with Crippen LogP contribution in [0.3, 0.4) is 0 Å². The predicted molar refractivity (Wildman–Crippen MR) is 109 cm³/mol. The van der Waals surface area contributed by atoms with Gasteiger partial charge in [0.2, 0.25) is 0 Å². The minimum Gasteiger partial charge on any atom is -0.492 e. The van der Waals surface area contributed by atoms with Gasteiger partial charge in [-0.3, -0.25) is 14.9 Å². The first kappa shape index (κ1) is 22.4. The number of hydrogen-bond donors (Lipinski definition) is 1. The van der Waals surface area contributed by atoms with Gasteiger partial charge in [-0.15, -0.1) is 0 Å². The maximum Gasteiger partial charge on any atom is 0.338 e. The van der Waals surface area contributed by atoms with Crippen LogP contribution >= 0.6 is 27.5 Å². The highest BCUT2D eigenvalue weighted by Gasteiger charge is 2.19. The molecule has 0 spiro atoms. The molecular weight excluding hydrogens is 472 g/mol. The molecule has 0 aliphatic carbocycles. The van der Waals surface area contributed by atoms with Gasteiger partial charge in [-0.25, -0.2) is 4.79 Å². The first-order valence-corrected chi connectivity index (χ1v) is 9.35. The smallest absolute Gasteiger partial charge is 0.338 e. The number of nitrogens with zero attached hydrogens (tertiary/aromatic N) is 1. The number of anilines is 1. The average Bonchev–Trinajstić information content (AvgIpc) is 2.66. The summed E-state index contributed by atoms with van der Waals surface area (Å²) in [7, 11) is 1.46. The van der Waals surface area contributed by atoms with Crippen molar-refractivity contribution in [3.8, 4) is 11.5 Å². The molecule has 0 saturated heterocycles. The molecule has 0 fully saturated rings. The monoisotopic (exact) mass is 486 g/mol. The number of amides is 1. The molecule has 0 aliphatic heterocycles. The molecule has 0 aromatic heterocycles. The average molecular weight is 488 g/mol. The molecule has 0 saturated carbocycles. The summed E-state index contributed by atoms with van der Waals surface area (Å²) in [6.07, 6.45) is 0. The van der Waals surface area contributed by atoms with Crippen molar-refractivity contribution < 1.29 is 28.7 Å². The van der Waals surface area contributed by atoms with Crippen LogP contribution in [0.5, 0.6) is 11.5 Å². The lowest BCUT2D eigenvalue weighted by atomic mass is 10.2. The Bertz CT molecular complexity index is 952. The van der Waals surface area contributed by atoms with Gasteiger partial charge in [-0.2, -0.15) is 0 Å².